The van der Waals surface area contributed by atoms with E-state index in [1.54, 1.807) is 6.07 Å². The zero-order chi connectivity index (χ0) is 24.3. The molecule has 0 bridgehead atoms. The van der Waals surface area contributed by atoms with Crippen molar-refractivity contribution in [2.45, 2.75) is 38.7 Å². The molecule has 3 aromatic rings. The second-order valence-electron chi connectivity index (χ2n) is 9.11. The number of carbonyl (C=O) groups excluding carboxylic acids is 1. The number of nitrogens with zero attached hydrogens (tertiary/aromatic N) is 5. The predicted octanol–water partition coefficient (Wildman–Crippen LogP) is 3.67. The molecule has 34 heavy (non-hydrogen) atoms. The van der Waals surface area contributed by atoms with Gasteiger partial charge in [-0.05, 0) is 30.3 Å². The summed E-state index contributed by atoms with van der Waals surface area (Å²) in [6.45, 7) is 8.12. The van der Waals surface area contributed by atoms with Crippen LogP contribution in [0.1, 0.15) is 33.7 Å². The van der Waals surface area contributed by atoms with Crippen molar-refractivity contribution in [3.05, 3.63) is 65.0 Å². The predicted molar refractivity (Wildman–Crippen MR) is 123 cm³/mol. The molecule has 0 spiro atoms. The highest BCUT2D eigenvalue weighted by Gasteiger charge is 2.27. The van der Waals surface area contributed by atoms with Crippen LogP contribution in [0, 0.1) is 17.1 Å². The van der Waals surface area contributed by atoms with Gasteiger partial charge in [0.2, 0.25) is 5.78 Å². The molecule has 1 saturated heterocycles. The van der Waals surface area contributed by atoms with E-state index in [0.29, 0.717) is 31.1 Å². The highest BCUT2D eigenvalue weighted by Crippen LogP contribution is 2.30. The second kappa shape index (κ2) is 9.98. The molecule has 11 heteroatoms. The van der Waals surface area contributed by atoms with Gasteiger partial charge in [-0.15, -0.1) is 0 Å². The van der Waals surface area contributed by atoms with Crippen molar-refractivity contribution in [1.82, 2.24) is 19.6 Å². The van der Waals surface area contributed by atoms with Crippen molar-refractivity contribution in [3.8, 4) is 11.8 Å². The summed E-state index contributed by atoms with van der Waals surface area (Å²) in [4.78, 5) is 13.5. The van der Waals surface area contributed by atoms with Crippen LogP contribution >= 0.6 is 0 Å². The Morgan fingerprint density at radius 3 is 2.71 bits per heavy atom. The fourth-order valence-corrected chi connectivity index (χ4v) is 4.28. The molecule has 0 amide bonds. The van der Waals surface area contributed by atoms with Crippen LogP contribution in [0.3, 0.4) is 0 Å². The lowest BCUT2D eigenvalue weighted by molar-refractivity contribution is -0.0443. The van der Waals surface area contributed by atoms with Gasteiger partial charge in [-0.1, -0.05) is 19.6 Å². The largest absolute Gasteiger partial charge is 0.360 e. The Morgan fingerprint density at radius 1 is 1.24 bits per heavy atom. The number of benzene rings is 1. The van der Waals surface area contributed by atoms with Crippen molar-refractivity contribution in [1.29, 1.82) is 5.26 Å². The van der Waals surface area contributed by atoms with E-state index in [0.717, 1.165) is 6.04 Å². The van der Waals surface area contributed by atoms with Gasteiger partial charge in [-0.25, -0.2) is 13.8 Å². The smallest absolute Gasteiger partial charge is 0.229 e. The molecule has 1 fully saturated rings. The van der Waals surface area contributed by atoms with E-state index >= 15 is 0 Å². The minimum Gasteiger partial charge on any atom is -0.360 e. The molecular weight excluding hydrogens is 457 g/mol. The summed E-state index contributed by atoms with van der Waals surface area (Å²) < 4.78 is 33.7. The van der Waals surface area contributed by atoms with Crippen LogP contribution in [-0.4, -0.2) is 53.2 Å². The summed E-state index contributed by atoms with van der Waals surface area (Å²) in [7, 11) is -1.27. The molecule has 0 N–H and O–H groups in total. The minimum absolute atomic E-state index is 0.0485. The van der Waals surface area contributed by atoms with E-state index in [2.05, 4.69) is 29.8 Å². The average Bonchev–Trinajstić information content (AvgIpc) is 3.56. The third kappa shape index (κ3) is 5.31. The number of rotatable bonds is 9. The number of ketones is 1. The van der Waals surface area contributed by atoms with Gasteiger partial charge in [0.05, 0.1) is 25.1 Å². The SMILES string of the molecule is C[Si](C)(C)CCOCn1nc(C#N)cc1C(=O)c1ccnn1-c1ccc(F)cc1C1OCCO1. The number of aromatic nitrogens is 4. The number of hydrogen-bond donors (Lipinski definition) is 0. The van der Waals surface area contributed by atoms with Crippen LogP contribution in [0.2, 0.25) is 25.7 Å². The molecule has 0 saturated carbocycles. The van der Waals surface area contributed by atoms with Crippen LogP contribution in [0.25, 0.3) is 5.69 Å². The lowest BCUT2D eigenvalue weighted by atomic mass is 10.1. The van der Waals surface area contributed by atoms with Crippen molar-refractivity contribution < 1.29 is 23.4 Å². The summed E-state index contributed by atoms with van der Waals surface area (Å²) in [5, 5.41) is 17.8. The van der Waals surface area contributed by atoms with E-state index < -0.39 is 26.0 Å². The average molecular weight is 484 g/mol. The first-order valence-electron chi connectivity index (χ1n) is 10.9. The normalized spacial score (nSPS) is 14.4. The molecule has 9 nitrogen and oxygen atoms in total. The summed E-state index contributed by atoms with van der Waals surface area (Å²) >= 11 is 0. The number of nitriles is 1. The summed E-state index contributed by atoms with van der Waals surface area (Å²) in [5.41, 5.74) is 1.41. The highest BCUT2D eigenvalue weighted by molar-refractivity contribution is 6.76. The monoisotopic (exact) mass is 483 g/mol. The molecule has 2 aromatic heterocycles. The molecule has 4 rings (SSSR count). The topological polar surface area (TPSA) is 104 Å². The number of carbonyl (C=O) groups is 1. The zero-order valence-electron chi connectivity index (χ0n) is 19.3. The van der Waals surface area contributed by atoms with Gasteiger partial charge in [-0.2, -0.15) is 15.5 Å². The van der Waals surface area contributed by atoms with Gasteiger partial charge >= 0.3 is 0 Å². The number of halogens is 1. The van der Waals surface area contributed by atoms with Gasteiger partial charge in [0.15, 0.2) is 12.0 Å². The lowest BCUT2D eigenvalue weighted by Gasteiger charge is -2.17. The molecule has 178 valence electrons. The Hall–Kier alpha value is -3.17. The van der Waals surface area contributed by atoms with Gasteiger partial charge in [0.1, 0.15) is 30.0 Å². The second-order valence-corrected chi connectivity index (χ2v) is 14.7. The maximum atomic E-state index is 14.0. The number of hydrogen-bond acceptors (Lipinski definition) is 7. The Morgan fingerprint density at radius 2 is 2.00 bits per heavy atom. The van der Waals surface area contributed by atoms with E-state index in [4.69, 9.17) is 14.2 Å². The molecule has 0 aliphatic carbocycles. The quantitative estimate of drug-likeness (QED) is 0.260. The van der Waals surface area contributed by atoms with E-state index in [1.165, 1.54) is 39.8 Å². The van der Waals surface area contributed by atoms with Crippen LogP contribution in [-0.2, 0) is 20.9 Å². The molecule has 0 unspecified atom stereocenters. The molecule has 1 aliphatic heterocycles. The Kier molecular flexibility index (Phi) is 7.04. The van der Waals surface area contributed by atoms with E-state index in [9.17, 15) is 14.4 Å². The van der Waals surface area contributed by atoms with Crippen LogP contribution in [0.5, 0.6) is 0 Å². The molecule has 1 aliphatic rings. The van der Waals surface area contributed by atoms with Crippen LogP contribution in [0.4, 0.5) is 4.39 Å². The fourth-order valence-electron chi connectivity index (χ4n) is 3.53. The fraction of sp³-hybridized carbons (Fsp3) is 0.391. The first-order chi connectivity index (χ1) is 16.3. The third-order valence-electron chi connectivity index (χ3n) is 5.31. The van der Waals surface area contributed by atoms with Gasteiger partial charge < -0.3 is 14.2 Å². The molecule has 3 heterocycles. The molecule has 0 radical (unpaired) electrons. The van der Waals surface area contributed by atoms with Crippen molar-refractivity contribution in [2.75, 3.05) is 19.8 Å². The molecule has 0 atom stereocenters. The van der Waals surface area contributed by atoms with Crippen LogP contribution < -0.4 is 0 Å². The Bertz CT molecular complexity index is 1220. The summed E-state index contributed by atoms with van der Waals surface area (Å²) in [5.74, 6) is -0.853. The van der Waals surface area contributed by atoms with Crippen LogP contribution in [0.15, 0.2) is 36.5 Å². The zero-order valence-corrected chi connectivity index (χ0v) is 20.3. The summed E-state index contributed by atoms with van der Waals surface area (Å²) in [6.07, 6.45) is 0.723. The Balaban J connectivity index is 1.64. The Labute approximate surface area is 197 Å². The molecular formula is C23H26FN5O4Si. The van der Waals surface area contributed by atoms with Gasteiger partial charge in [0, 0.05) is 26.3 Å². The summed E-state index contributed by atoms with van der Waals surface area (Å²) in [6, 6.07) is 10.0. The highest BCUT2D eigenvalue weighted by atomic mass is 28.3. The third-order valence-corrected chi connectivity index (χ3v) is 7.01. The lowest BCUT2D eigenvalue weighted by Crippen LogP contribution is -2.23. The van der Waals surface area contributed by atoms with Crippen molar-refractivity contribution in [2.24, 2.45) is 0 Å². The number of ether oxygens (including phenoxy) is 3. The van der Waals surface area contributed by atoms with E-state index in [-0.39, 0.29) is 23.8 Å². The maximum absolute atomic E-state index is 14.0. The van der Waals surface area contributed by atoms with Gasteiger partial charge in [0.25, 0.3) is 0 Å². The van der Waals surface area contributed by atoms with Crippen molar-refractivity contribution in [3.63, 3.8) is 0 Å². The van der Waals surface area contributed by atoms with Crippen molar-refractivity contribution >= 4 is 13.9 Å². The minimum atomic E-state index is -1.27. The van der Waals surface area contributed by atoms with E-state index in [1.807, 2.05) is 6.07 Å². The first kappa shape index (κ1) is 24.0. The standard InChI is InChI=1S/C23H26FN5O4Si/c1-34(2,3)11-10-31-15-28-21(13-17(14-25)27-28)22(30)20-6-7-26-29(20)19-5-4-16(24)12-18(19)23-32-8-9-33-23/h4-7,12-13,23H,8-11,15H2,1-3H3. The first-order valence-corrected chi connectivity index (χ1v) is 14.6. The van der Waals surface area contributed by atoms with Gasteiger partial charge in [-0.3, -0.25) is 4.79 Å². The molecule has 1 aromatic carbocycles. The maximum Gasteiger partial charge on any atom is 0.229 e.